The van der Waals surface area contributed by atoms with E-state index in [0.717, 1.165) is 36.6 Å². The van der Waals surface area contributed by atoms with Crippen molar-refractivity contribution in [3.8, 4) is 11.5 Å². The number of methoxy groups -OCH3 is 2. The van der Waals surface area contributed by atoms with Gasteiger partial charge < -0.3 is 20.1 Å². The van der Waals surface area contributed by atoms with E-state index < -0.39 is 0 Å². The first-order chi connectivity index (χ1) is 10.2. The highest BCUT2D eigenvalue weighted by atomic mass is 16.5. The molecule has 5 heteroatoms. The van der Waals surface area contributed by atoms with Crippen molar-refractivity contribution in [2.45, 2.75) is 13.3 Å². The number of carbonyl (C=O) groups excluding carboxylic acids is 1. The fourth-order valence-corrected chi connectivity index (χ4v) is 2.44. The van der Waals surface area contributed by atoms with Crippen LogP contribution in [0.5, 0.6) is 11.5 Å². The van der Waals surface area contributed by atoms with Crippen molar-refractivity contribution < 1.29 is 14.3 Å². The van der Waals surface area contributed by atoms with Gasteiger partial charge in [0.25, 0.3) is 0 Å². The quantitative estimate of drug-likeness (QED) is 0.793. The van der Waals surface area contributed by atoms with E-state index in [1.54, 1.807) is 14.2 Å². The second kappa shape index (κ2) is 7.31. The molecule has 2 rings (SSSR count). The molecule has 0 radical (unpaired) electrons. The standard InChI is InChI=1S/C16H24N2O3/c1-11(13-9-17-10-13)16(19)18-7-6-12-8-14(20-2)4-5-15(12)21-3/h4-5,8,11,13,17H,6-7,9-10H2,1-3H3,(H,18,19). The highest BCUT2D eigenvalue weighted by Gasteiger charge is 2.28. The Morgan fingerprint density at radius 1 is 1.38 bits per heavy atom. The third kappa shape index (κ3) is 3.88. The van der Waals surface area contributed by atoms with E-state index in [2.05, 4.69) is 10.6 Å². The van der Waals surface area contributed by atoms with E-state index in [1.165, 1.54) is 0 Å². The smallest absolute Gasteiger partial charge is 0.223 e. The minimum Gasteiger partial charge on any atom is -0.497 e. The molecule has 1 heterocycles. The highest BCUT2D eigenvalue weighted by Crippen LogP contribution is 2.24. The van der Waals surface area contributed by atoms with Gasteiger partial charge in [-0.15, -0.1) is 0 Å². The zero-order valence-corrected chi connectivity index (χ0v) is 12.9. The first-order valence-corrected chi connectivity index (χ1v) is 7.35. The Morgan fingerprint density at radius 2 is 2.14 bits per heavy atom. The number of amides is 1. The predicted molar refractivity (Wildman–Crippen MR) is 81.8 cm³/mol. The second-order valence-corrected chi connectivity index (χ2v) is 5.43. The minimum absolute atomic E-state index is 0.0680. The number of nitrogens with one attached hydrogen (secondary N) is 2. The van der Waals surface area contributed by atoms with Crippen LogP contribution < -0.4 is 20.1 Å². The van der Waals surface area contributed by atoms with Crippen LogP contribution >= 0.6 is 0 Å². The molecule has 0 aliphatic carbocycles. The highest BCUT2D eigenvalue weighted by molar-refractivity contribution is 5.78. The number of rotatable bonds is 7. The molecule has 5 nitrogen and oxygen atoms in total. The summed E-state index contributed by atoms with van der Waals surface area (Å²) in [4.78, 5) is 12.1. The monoisotopic (exact) mass is 292 g/mol. The normalized spacial score (nSPS) is 16.0. The molecule has 0 bridgehead atoms. The van der Waals surface area contributed by atoms with E-state index >= 15 is 0 Å². The summed E-state index contributed by atoms with van der Waals surface area (Å²) in [7, 11) is 3.29. The van der Waals surface area contributed by atoms with Gasteiger partial charge in [-0.25, -0.2) is 0 Å². The first-order valence-electron chi connectivity index (χ1n) is 7.35. The maximum absolute atomic E-state index is 12.1. The summed E-state index contributed by atoms with van der Waals surface area (Å²) in [6, 6.07) is 5.70. The van der Waals surface area contributed by atoms with Crippen LogP contribution in [0.2, 0.25) is 0 Å². The van der Waals surface area contributed by atoms with Gasteiger partial charge >= 0.3 is 0 Å². The third-order valence-corrected chi connectivity index (χ3v) is 4.11. The lowest BCUT2D eigenvalue weighted by Crippen LogP contribution is -2.49. The van der Waals surface area contributed by atoms with Gasteiger partial charge in [0.1, 0.15) is 11.5 Å². The molecule has 1 unspecified atom stereocenters. The van der Waals surface area contributed by atoms with Crippen LogP contribution in [0.3, 0.4) is 0 Å². The molecule has 1 amide bonds. The molecule has 21 heavy (non-hydrogen) atoms. The van der Waals surface area contributed by atoms with E-state index in [9.17, 15) is 4.79 Å². The molecule has 1 atom stereocenters. The van der Waals surface area contributed by atoms with E-state index in [1.807, 2.05) is 25.1 Å². The van der Waals surface area contributed by atoms with Crippen molar-refractivity contribution >= 4 is 5.91 Å². The summed E-state index contributed by atoms with van der Waals surface area (Å²) >= 11 is 0. The molecule has 1 aliphatic rings. The summed E-state index contributed by atoms with van der Waals surface area (Å²) in [6.45, 7) is 4.48. The largest absolute Gasteiger partial charge is 0.497 e. The zero-order chi connectivity index (χ0) is 15.2. The summed E-state index contributed by atoms with van der Waals surface area (Å²) in [5.41, 5.74) is 1.04. The van der Waals surface area contributed by atoms with Gasteiger partial charge in [0.2, 0.25) is 5.91 Å². The van der Waals surface area contributed by atoms with Crippen molar-refractivity contribution in [2.75, 3.05) is 33.9 Å². The number of hydrogen-bond donors (Lipinski definition) is 2. The molecule has 2 N–H and O–H groups in total. The van der Waals surface area contributed by atoms with E-state index in [0.29, 0.717) is 12.5 Å². The van der Waals surface area contributed by atoms with Crippen molar-refractivity contribution in [1.82, 2.24) is 10.6 Å². The van der Waals surface area contributed by atoms with Crippen LogP contribution in [0.1, 0.15) is 12.5 Å². The second-order valence-electron chi connectivity index (χ2n) is 5.43. The van der Waals surface area contributed by atoms with Gasteiger partial charge in [0.15, 0.2) is 0 Å². The molecule has 116 valence electrons. The molecule has 1 aliphatic heterocycles. The first kappa shape index (κ1) is 15.6. The predicted octanol–water partition coefficient (Wildman–Crippen LogP) is 1.22. The number of benzene rings is 1. The fraction of sp³-hybridized carbons (Fsp3) is 0.562. The van der Waals surface area contributed by atoms with Gasteiger partial charge in [-0.2, -0.15) is 0 Å². The van der Waals surface area contributed by atoms with Crippen LogP contribution in [-0.4, -0.2) is 39.8 Å². The van der Waals surface area contributed by atoms with E-state index in [4.69, 9.17) is 9.47 Å². The van der Waals surface area contributed by atoms with Crippen molar-refractivity contribution in [3.63, 3.8) is 0 Å². The topological polar surface area (TPSA) is 59.6 Å². The molecule has 1 saturated heterocycles. The third-order valence-electron chi connectivity index (χ3n) is 4.11. The zero-order valence-electron chi connectivity index (χ0n) is 12.9. The van der Waals surface area contributed by atoms with Gasteiger partial charge in [0, 0.05) is 12.5 Å². The van der Waals surface area contributed by atoms with Crippen LogP contribution in [0, 0.1) is 11.8 Å². The molecule has 1 fully saturated rings. The Bertz CT molecular complexity index is 486. The number of carbonyl (C=O) groups is 1. The van der Waals surface area contributed by atoms with Gasteiger partial charge in [-0.3, -0.25) is 4.79 Å². The average molecular weight is 292 g/mol. The summed E-state index contributed by atoms with van der Waals surface area (Å²) in [5.74, 6) is 2.28. The Hall–Kier alpha value is -1.75. The average Bonchev–Trinajstić information content (AvgIpc) is 2.45. The SMILES string of the molecule is COc1ccc(OC)c(CCNC(=O)C(C)C2CNC2)c1. The van der Waals surface area contributed by atoms with Crippen LogP contribution in [0.4, 0.5) is 0 Å². The van der Waals surface area contributed by atoms with Gasteiger partial charge in [-0.1, -0.05) is 6.92 Å². The summed E-state index contributed by atoms with van der Waals surface area (Å²) < 4.78 is 10.6. The van der Waals surface area contributed by atoms with Crippen molar-refractivity contribution in [1.29, 1.82) is 0 Å². The van der Waals surface area contributed by atoms with Crippen LogP contribution in [0.15, 0.2) is 18.2 Å². The lowest BCUT2D eigenvalue weighted by atomic mass is 9.88. The molecule has 0 aromatic heterocycles. The van der Waals surface area contributed by atoms with Crippen LogP contribution in [-0.2, 0) is 11.2 Å². The van der Waals surface area contributed by atoms with Gasteiger partial charge in [0.05, 0.1) is 14.2 Å². The Kier molecular flexibility index (Phi) is 5.44. The Balaban J connectivity index is 1.86. The molecule has 0 spiro atoms. The van der Waals surface area contributed by atoms with Crippen molar-refractivity contribution in [3.05, 3.63) is 23.8 Å². The fourth-order valence-electron chi connectivity index (χ4n) is 2.44. The minimum atomic E-state index is 0.0680. The maximum atomic E-state index is 12.1. The van der Waals surface area contributed by atoms with Gasteiger partial charge in [-0.05, 0) is 49.2 Å². The number of hydrogen-bond acceptors (Lipinski definition) is 4. The summed E-state index contributed by atoms with van der Waals surface area (Å²) in [6.07, 6.45) is 0.724. The Labute approximate surface area is 126 Å². The molecular formula is C16H24N2O3. The number of ether oxygens (including phenoxy) is 2. The molecule has 1 aromatic carbocycles. The van der Waals surface area contributed by atoms with Crippen LogP contribution in [0.25, 0.3) is 0 Å². The molecule has 1 aromatic rings. The lowest BCUT2D eigenvalue weighted by Gasteiger charge is -2.31. The maximum Gasteiger partial charge on any atom is 0.223 e. The molecular weight excluding hydrogens is 268 g/mol. The summed E-state index contributed by atoms with van der Waals surface area (Å²) in [5, 5.41) is 6.20. The van der Waals surface area contributed by atoms with E-state index in [-0.39, 0.29) is 11.8 Å². The molecule has 0 saturated carbocycles. The Morgan fingerprint density at radius 3 is 2.71 bits per heavy atom. The van der Waals surface area contributed by atoms with Crippen molar-refractivity contribution in [2.24, 2.45) is 11.8 Å². The lowest BCUT2D eigenvalue weighted by molar-refractivity contribution is -0.126.